The minimum Gasteiger partial charge on any atom is -0.396 e. The van der Waals surface area contributed by atoms with Crippen LogP contribution in [0.3, 0.4) is 0 Å². The van der Waals surface area contributed by atoms with Gasteiger partial charge >= 0.3 is 0 Å². The molecule has 3 N–H and O–H groups in total. The van der Waals surface area contributed by atoms with Crippen molar-refractivity contribution in [2.24, 2.45) is 11.7 Å². The lowest BCUT2D eigenvalue weighted by Gasteiger charge is -2.34. The van der Waals surface area contributed by atoms with Crippen LogP contribution >= 0.6 is 0 Å². The number of nitrogens with zero attached hydrogens (tertiary/aromatic N) is 1. The summed E-state index contributed by atoms with van der Waals surface area (Å²) in [4.78, 5) is 2.44. The highest BCUT2D eigenvalue weighted by atomic mass is 16.3. The van der Waals surface area contributed by atoms with E-state index in [1.54, 1.807) is 0 Å². The molecule has 0 radical (unpaired) electrons. The Morgan fingerprint density at radius 3 is 2.94 bits per heavy atom. The number of aliphatic hydroxyl groups excluding tert-OH is 1. The summed E-state index contributed by atoms with van der Waals surface area (Å²) in [6, 6.07) is 6.56. The van der Waals surface area contributed by atoms with Gasteiger partial charge in [0, 0.05) is 31.9 Å². The molecule has 1 heterocycles. The van der Waals surface area contributed by atoms with Crippen molar-refractivity contribution >= 4 is 5.69 Å². The van der Waals surface area contributed by atoms with Gasteiger partial charge in [-0.25, -0.2) is 0 Å². The lowest BCUT2D eigenvalue weighted by Crippen LogP contribution is -2.35. The first-order chi connectivity index (χ1) is 8.74. The SMILES string of the molecule is Cc1cc(N2CCCC(CCO)C2)ccc1CN. The Kier molecular flexibility index (Phi) is 4.61. The maximum absolute atomic E-state index is 9.06. The van der Waals surface area contributed by atoms with Gasteiger partial charge in [0.05, 0.1) is 0 Å². The molecule has 3 nitrogen and oxygen atoms in total. The first-order valence-corrected chi connectivity index (χ1v) is 6.90. The second-order valence-electron chi connectivity index (χ2n) is 5.28. The molecule has 0 amide bonds. The van der Waals surface area contributed by atoms with E-state index in [1.807, 2.05) is 0 Å². The first-order valence-electron chi connectivity index (χ1n) is 6.90. The fraction of sp³-hybridized carbons (Fsp3) is 0.600. The molecule has 1 aliphatic heterocycles. The van der Waals surface area contributed by atoms with Crippen LogP contribution in [0.4, 0.5) is 5.69 Å². The van der Waals surface area contributed by atoms with Crippen molar-refractivity contribution < 1.29 is 5.11 Å². The number of aliphatic hydroxyl groups is 1. The third kappa shape index (κ3) is 3.03. The average molecular weight is 248 g/mol. The Hall–Kier alpha value is -1.06. The lowest BCUT2D eigenvalue weighted by molar-refractivity contribution is 0.244. The van der Waals surface area contributed by atoms with Crippen LogP contribution in [-0.2, 0) is 6.54 Å². The summed E-state index contributed by atoms with van der Waals surface area (Å²) in [5.41, 5.74) is 9.50. The molecule has 1 aromatic rings. The second-order valence-corrected chi connectivity index (χ2v) is 5.28. The quantitative estimate of drug-likeness (QED) is 0.857. The molecule has 100 valence electrons. The van der Waals surface area contributed by atoms with E-state index in [2.05, 4.69) is 30.0 Å². The Labute approximate surface area is 110 Å². The van der Waals surface area contributed by atoms with Crippen LogP contribution in [0.1, 0.15) is 30.4 Å². The van der Waals surface area contributed by atoms with Crippen molar-refractivity contribution in [3.8, 4) is 0 Å². The standard InChI is InChI=1S/C15H24N2O/c1-12-9-15(5-4-14(12)10-16)17-7-2-3-13(11-17)6-8-18/h4-5,9,13,18H,2-3,6-8,10-11,16H2,1H3. The number of hydrogen-bond acceptors (Lipinski definition) is 3. The minimum atomic E-state index is 0.309. The van der Waals surface area contributed by atoms with Crippen LogP contribution in [0.5, 0.6) is 0 Å². The summed E-state index contributed by atoms with van der Waals surface area (Å²) in [5.74, 6) is 0.637. The monoisotopic (exact) mass is 248 g/mol. The number of benzene rings is 1. The van der Waals surface area contributed by atoms with Crippen LogP contribution in [-0.4, -0.2) is 24.8 Å². The predicted octanol–water partition coefficient (Wildman–Crippen LogP) is 2.05. The van der Waals surface area contributed by atoms with E-state index < -0.39 is 0 Å². The molecule has 0 aromatic heterocycles. The Bertz CT molecular complexity index is 390. The van der Waals surface area contributed by atoms with Crippen LogP contribution in [0.15, 0.2) is 18.2 Å². The van der Waals surface area contributed by atoms with Gasteiger partial charge in [0.15, 0.2) is 0 Å². The van der Waals surface area contributed by atoms with Crippen molar-refractivity contribution in [2.45, 2.75) is 32.7 Å². The largest absolute Gasteiger partial charge is 0.396 e. The second kappa shape index (κ2) is 6.21. The zero-order chi connectivity index (χ0) is 13.0. The molecule has 0 spiro atoms. The fourth-order valence-electron chi connectivity index (χ4n) is 2.82. The molecule has 2 rings (SSSR count). The molecular formula is C15H24N2O. The number of hydrogen-bond donors (Lipinski definition) is 2. The maximum atomic E-state index is 9.06. The summed E-state index contributed by atoms with van der Waals surface area (Å²) in [7, 11) is 0. The number of piperidine rings is 1. The molecule has 0 saturated carbocycles. The molecule has 1 saturated heterocycles. The van der Waals surface area contributed by atoms with E-state index in [-0.39, 0.29) is 0 Å². The molecular weight excluding hydrogens is 224 g/mol. The van der Waals surface area contributed by atoms with Gasteiger partial charge < -0.3 is 15.7 Å². The third-order valence-corrected chi connectivity index (χ3v) is 3.97. The van der Waals surface area contributed by atoms with E-state index in [0.29, 0.717) is 19.1 Å². The van der Waals surface area contributed by atoms with Crippen molar-refractivity contribution in [2.75, 3.05) is 24.6 Å². The zero-order valence-electron chi connectivity index (χ0n) is 11.2. The first kappa shape index (κ1) is 13.4. The maximum Gasteiger partial charge on any atom is 0.0434 e. The van der Waals surface area contributed by atoms with E-state index in [1.165, 1.54) is 29.7 Å². The van der Waals surface area contributed by atoms with Crippen LogP contribution in [0.2, 0.25) is 0 Å². The average Bonchev–Trinajstić information content (AvgIpc) is 2.39. The van der Waals surface area contributed by atoms with Crippen molar-refractivity contribution in [3.63, 3.8) is 0 Å². The van der Waals surface area contributed by atoms with E-state index >= 15 is 0 Å². The van der Waals surface area contributed by atoms with Gasteiger partial charge in [0.1, 0.15) is 0 Å². The Morgan fingerprint density at radius 2 is 2.28 bits per heavy atom. The number of anilines is 1. The van der Waals surface area contributed by atoms with Gasteiger partial charge in [0.2, 0.25) is 0 Å². The zero-order valence-corrected chi connectivity index (χ0v) is 11.2. The van der Waals surface area contributed by atoms with Crippen molar-refractivity contribution in [1.82, 2.24) is 0 Å². The minimum absolute atomic E-state index is 0.309. The molecule has 0 aliphatic carbocycles. The highest BCUT2D eigenvalue weighted by molar-refractivity contribution is 5.51. The number of rotatable bonds is 4. The summed E-state index contributed by atoms with van der Waals surface area (Å²) in [6.07, 6.45) is 3.40. The molecule has 1 unspecified atom stereocenters. The summed E-state index contributed by atoms with van der Waals surface area (Å²) in [5, 5.41) is 9.06. The molecule has 18 heavy (non-hydrogen) atoms. The van der Waals surface area contributed by atoms with Gasteiger partial charge in [-0.1, -0.05) is 6.07 Å². The van der Waals surface area contributed by atoms with E-state index in [9.17, 15) is 0 Å². The summed E-state index contributed by atoms with van der Waals surface area (Å²) in [6.45, 7) is 5.25. The summed E-state index contributed by atoms with van der Waals surface area (Å²) >= 11 is 0. The highest BCUT2D eigenvalue weighted by Crippen LogP contribution is 2.26. The molecule has 1 aromatic carbocycles. The van der Waals surface area contributed by atoms with Gasteiger partial charge in [-0.3, -0.25) is 0 Å². The van der Waals surface area contributed by atoms with E-state index in [4.69, 9.17) is 10.8 Å². The topological polar surface area (TPSA) is 49.5 Å². The molecule has 0 bridgehead atoms. The molecule has 1 fully saturated rings. The van der Waals surface area contributed by atoms with Gasteiger partial charge in [-0.05, 0) is 55.4 Å². The van der Waals surface area contributed by atoms with Crippen molar-refractivity contribution in [1.29, 1.82) is 0 Å². The van der Waals surface area contributed by atoms with E-state index in [0.717, 1.165) is 19.5 Å². The normalized spacial score (nSPS) is 20.2. The number of nitrogens with two attached hydrogens (primary N) is 1. The molecule has 1 atom stereocenters. The summed E-state index contributed by atoms with van der Waals surface area (Å²) < 4.78 is 0. The fourth-order valence-corrected chi connectivity index (χ4v) is 2.82. The van der Waals surface area contributed by atoms with Gasteiger partial charge in [-0.2, -0.15) is 0 Å². The Morgan fingerprint density at radius 1 is 1.44 bits per heavy atom. The van der Waals surface area contributed by atoms with Gasteiger partial charge in [0.25, 0.3) is 0 Å². The van der Waals surface area contributed by atoms with Crippen molar-refractivity contribution in [3.05, 3.63) is 29.3 Å². The molecule has 1 aliphatic rings. The number of aryl methyl sites for hydroxylation is 1. The smallest absolute Gasteiger partial charge is 0.0434 e. The third-order valence-electron chi connectivity index (χ3n) is 3.97. The highest BCUT2D eigenvalue weighted by Gasteiger charge is 2.19. The van der Waals surface area contributed by atoms with Crippen LogP contribution in [0.25, 0.3) is 0 Å². The molecule has 3 heteroatoms. The van der Waals surface area contributed by atoms with Crippen LogP contribution < -0.4 is 10.6 Å². The van der Waals surface area contributed by atoms with Crippen LogP contribution in [0, 0.1) is 12.8 Å². The predicted molar refractivity (Wildman–Crippen MR) is 75.7 cm³/mol. The van der Waals surface area contributed by atoms with Gasteiger partial charge in [-0.15, -0.1) is 0 Å². The Balaban J connectivity index is 2.08. The lowest BCUT2D eigenvalue weighted by atomic mass is 9.94.